The van der Waals surface area contributed by atoms with Crippen molar-refractivity contribution in [3.63, 3.8) is 0 Å². The molecule has 0 bridgehead atoms. The summed E-state index contributed by atoms with van der Waals surface area (Å²) in [6, 6.07) is 16.4. The minimum absolute atomic E-state index is 0.0365. The molecule has 0 saturated heterocycles. The van der Waals surface area contributed by atoms with E-state index in [1.54, 1.807) is 24.3 Å². The fourth-order valence-electron chi connectivity index (χ4n) is 2.44. The van der Waals surface area contributed by atoms with Crippen LogP contribution in [0, 0.1) is 0 Å². The largest absolute Gasteiger partial charge is 0.396 e. The third-order valence-electron chi connectivity index (χ3n) is 3.68. The molecule has 1 amide bonds. The van der Waals surface area contributed by atoms with Crippen LogP contribution in [0.2, 0.25) is 0 Å². The van der Waals surface area contributed by atoms with Gasteiger partial charge in [0.05, 0.1) is 6.54 Å². The van der Waals surface area contributed by atoms with Crippen molar-refractivity contribution in [2.24, 2.45) is 0 Å². The van der Waals surface area contributed by atoms with Gasteiger partial charge < -0.3 is 15.7 Å². The summed E-state index contributed by atoms with van der Waals surface area (Å²) in [6.07, 6.45) is 0.525. The number of hydrogen-bond donors (Lipinski definition) is 3. The first-order chi connectivity index (χ1) is 11.6. The Morgan fingerprint density at radius 1 is 1.08 bits per heavy atom. The maximum absolute atomic E-state index is 12.1. The van der Waals surface area contributed by atoms with Gasteiger partial charge in [0, 0.05) is 23.9 Å². The highest BCUT2D eigenvalue weighted by Crippen LogP contribution is 2.16. The van der Waals surface area contributed by atoms with E-state index in [9.17, 15) is 14.7 Å². The van der Waals surface area contributed by atoms with Crippen molar-refractivity contribution in [3.8, 4) is 0 Å². The van der Waals surface area contributed by atoms with Crippen molar-refractivity contribution in [1.29, 1.82) is 0 Å². The summed E-state index contributed by atoms with van der Waals surface area (Å²) < 4.78 is 0. The first kappa shape index (κ1) is 17.8. The average Bonchev–Trinajstić information content (AvgIpc) is 2.59. The van der Waals surface area contributed by atoms with Crippen molar-refractivity contribution < 1.29 is 14.7 Å². The lowest BCUT2D eigenvalue weighted by molar-refractivity contribution is -0.115. The van der Waals surface area contributed by atoms with Crippen LogP contribution in [0.5, 0.6) is 0 Å². The summed E-state index contributed by atoms with van der Waals surface area (Å²) in [5.74, 6) is -0.245. The lowest BCUT2D eigenvalue weighted by Gasteiger charge is -2.18. The van der Waals surface area contributed by atoms with E-state index in [4.69, 9.17) is 0 Å². The average molecular weight is 326 g/mol. The quantitative estimate of drug-likeness (QED) is 0.652. The highest BCUT2D eigenvalue weighted by Gasteiger charge is 2.12. The van der Waals surface area contributed by atoms with E-state index in [1.807, 2.05) is 30.3 Å². The summed E-state index contributed by atoms with van der Waals surface area (Å²) in [7, 11) is 0. The van der Waals surface area contributed by atoms with Crippen LogP contribution in [-0.2, 0) is 4.79 Å². The fourth-order valence-corrected chi connectivity index (χ4v) is 2.44. The Morgan fingerprint density at radius 3 is 2.50 bits per heavy atom. The molecule has 0 radical (unpaired) electrons. The SMILES string of the molecule is CC(=O)c1cccc(NC(=O)CNC(CCO)c2ccccc2)c1. The maximum Gasteiger partial charge on any atom is 0.238 e. The van der Waals surface area contributed by atoms with E-state index in [0.717, 1.165) is 5.56 Å². The smallest absolute Gasteiger partial charge is 0.238 e. The Bertz CT molecular complexity index is 686. The molecule has 0 fully saturated rings. The maximum atomic E-state index is 12.1. The van der Waals surface area contributed by atoms with E-state index in [1.165, 1.54) is 6.92 Å². The van der Waals surface area contributed by atoms with Gasteiger partial charge in [-0.05, 0) is 31.0 Å². The van der Waals surface area contributed by atoms with Gasteiger partial charge in [-0.3, -0.25) is 9.59 Å². The Labute approximate surface area is 141 Å². The number of Topliss-reactive ketones (excluding diaryl/α,β-unsaturated/α-hetero) is 1. The summed E-state index contributed by atoms with van der Waals surface area (Å²) in [5.41, 5.74) is 2.18. The number of hydrogen-bond acceptors (Lipinski definition) is 4. The van der Waals surface area contributed by atoms with Crippen LogP contribution in [0.25, 0.3) is 0 Å². The molecule has 0 heterocycles. The predicted molar refractivity (Wildman–Crippen MR) is 94.0 cm³/mol. The Kier molecular flexibility index (Phi) is 6.66. The molecule has 3 N–H and O–H groups in total. The standard InChI is InChI=1S/C19H22N2O3/c1-14(23)16-8-5-9-17(12-16)21-19(24)13-20-18(10-11-22)15-6-3-2-4-7-15/h2-9,12,18,20,22H,10-11,13H2,1H3,(H,21,24). The summed E-state index contributed by atoms with van der Waals surface area (Å²) >= 11 is 0. The van der Waals surface area contributed by atoms with Crippen LogP contribution < -0.4 is 10.6 Å². The number of benzene rings is 2. The second kappa shape index (κ2) is 8.96. The van der Waals surface area contributed by atoms with Gasteiger partial charge in [-0.15, -0.1) is 0 Å². The van der Waals surface area contributed by atoms with Gasteiger partial charge in [0.1, 0.15) is 0 Å². The molecule has 0 saturated carbocycles. The second-order valence-corrected chi connectivity index (χ2v) is 5.54. The summed E-state index contributed by atoms with van der Waals surface area (Å²) in [4.78, 5) is 23.5. The number of aliphatic hydroxyl groups excluding tert-OH is 1. The Hall–Kier alpha value is -2.50. The van der Waals surface area contributed by atoms with Crippen LogP contribution in [0.4, 0.5) is 5.69 Å². The molecule has 0 aliphatic heterocycles. The Balaban J connectivity index is 1.94. The van der Waals surface area contributed by atoms with Crippen molar-refractivity contribution in [3.05, 3.63) is 65.7 Å². The van der Waals surface area contributed by atoms with Gasteiger partial charge in [0.25, 0.3) is 0 Å². The van der Waals surface area contributed by atoms with Gasteiger partial charge in [0.15, 0.2) is 5.78 Å². The minimum Gasteiger partial charge on any atom is -0.396 e. The third kappa shape index (κ3) is 5.30. The first-order valence-electron chi connectivity index (χ1n) is 7.90. The zero-order valence-corrected chi connectivity index (χ0v) is 13.7. The molecule has 0 spiro atoms. The lowest BCUT2D eigenvalue weighted by Crippen LogP contribution is -2.31. The van der Waals surface area contributed by atoms with Crippen LogP contribution in [0.3, 0.4) is 0 Å². The highest BCUT2D eigenvalue weighted by atomic mass is 16.3. The monoisotopic (exact) mass is 326 g/mol. The number of carbonyl (C=O) groups excluding carboxylic acids is 2. The molecule has 5 heteroatoms. The number of rotatable bonds is 8. The molecule has 0 aromatic heterocycles. The van der Waals surface area contributed by atoms with Crippen molar-refractivity contribution in [2.75, 3.05) is 18.5 Å². The lowest BCUT2D eigenvalue weighted by atomic mass is 10.0. The van der Waals surface area contributed by atoms with E-state index in [-0.39, 0.29) is 30.9 Å². The van der Waals surface area contributed by atoms with E-state index >= 15 is 0 Å². The van der Waals surface area contributed by atoms with Gasteiger partial charge in [-0.25, -0.2) is 0 Å². The molecule has 0 aliphatic carbocycles. The van der Waals surface area contributed by atoms with Crippen LogP contribution in [-0.4, -0.2) is 29.9 Å². The molecule has 2 rings (SSSR count). The molecule has 5 nitrogen and oxygen atoms in total. The molecular weight excluding hydrogens is 304 g/mol. The van der Waals surface area contributed by atoms with E-state index in [0.29, 0.717) is 17.7 Å². The van der Waals surface area contributed by atoms with E-state index in [2.05, 4.69) is 10.6 Å². The fraction of sp³-hybridized carbons (Fsp3) is 0.263. The van der Waals surface area contributed by atoms with Crippen LogP contribution in [0.1, 0.15) is 35.3 Å². The normalized spacial score (nSPS) is 11.8. The number of ketones is 1. The summed E-state index contributed by atoms with van der Waals surface area (Å²) in [6.45, 7) is 1.64. The van der Waals surface area contributed by atoms with Gasteiger partial charge in [-0.2, -0.15) is 0 Å². The first-order valence-corrected chi connectivity index (χ1v) is 7.90. The van der Waals surface area contributed by atoms with Crippen molar-refractivity contribution >= 4 is 17.4 Å². The summed E-state index contributed by atoms with van der Waals surface area (Å²) in [5, 5.41) is 15.1. The minimum atomic E-state index is -0.199. The number of anilines is 1. The molecule has 2 aromatic rings. The molecule has 126 valence electrons. The third-order valence-corrected chi connectivity index (χ3v) is 3.68. The highest BCUT2D eigenvalue weighted by molar-refractivity contribution is 5.97. The van der Waals surface area contributed by atoms with Crippen LogP contribution in [0.15, 0.2) is 54.6 Å². The van der Waals surface area contributed by atoms with Crippen LogP contribution >= 0.6 is 0 Å². The second-order valence-electron chi connectivity index (χ2n) is 5.54. The molecular formula is C19H22N2O3. The molecule has 1 unspecified atom stereocenters. The van der Waals surface area contributed by atoms with Gasteiger partial charge in [0.2, 0.25) is 5.91 Å². The molecule has 24 heavy (non-hydrogen) atoms. The number of aliphatic hydroxyl groups is 1. The molecule has 0 aliphatic rings. The van der Waals surface area contributed by atoms with E-state index < -0.39 is 0 Å². The van der Waals surface area contributed by atoms with Gasteiger partial charge >= 0.3 is 0 Å². The van der Waals surface area contributed by atoms with Crippen molar-refractivity contribution in [2.45, 2.75) is 19.4 Å². The number of carbonyl (C=O) groups is 2. The molecule has 2 aromatic carbocycles. The molecule has 1 atom stereocenters. The topological polar surface area (TPSA) is 78.4 Å². The predicted octanol–water partition coefficient (Wildman–Crippen LogP) is 2.54. The zero-order valence-electron chi connectivity index (χ0n) is 13.7. The number of nitrogens with one attached hydrogen (secondary N) is 2. The Morgan fingerprint density at radius 2 is 1.83 bits per heavy atom. The number of amides is 1. The zero-order chi connectivity index (χ0) is 17.4. The van der Waals surface area contributed by atoms with Crippen molar-refractivity contribution in [1.82, 2.24) is 5.32 Å². The van der Waals surface area contributed by atoms with Gasteiger partial charge in [-0.1, -0.05) is 42.5 Å².